The summed E-state index contributed by atoms with van der Waals surface area (Å²) in [4.78, 5) is 13.6. The van der Waals surface area contributed by atoms with Crippen molar-refractivity contribution in [3.05, 3.63) is 30.3 Å². The predicted molar refractivity (Wildman–Crippen MR) is 71.9 cm³/mol. The fourth-order valence-electron chi connectivity index (χ4n) is 1.64. The third kappa shape index (κ3) is 3.00. The average molecular weight is 310 g/mol. The van der Waals surface area contributed by atoms with Crippen LogP contribution in [-0.2, 0) is 0 Å². The minimum absolute atomic E-state index is 0.317. The molecule has 98 valence electrons. The zero-order valence-corrected chi connectivity index (χ0v) is 11.6. The van der Waals surface area contributed by atoms with Crippen LogP contribution in [0.5, 0.6) is 0 Å². The smallest absolute Gasteiger partial charge is 0.275 e. The van der Waals surface area contributed by atoms with Crippen LogP contribution in [0.15, 0.2) is 30.3 Å². The lowest BCUT2D eigenvalue weighted by molar-refractivity contribution is 0.235. The SMILES string of the molecule is CC1NN(SC(F)(Cl)Cl)C(=O)N1c1ccccc1. The number of carbonyl (C=O) groups excluding carboxylic acids is 1. The van der Waals surface area contributed by atoms with E-state index in [1.54, 1.807) is 19.1 Å². The van der Waals surface area contributed by atoms with Gasteiger partial charge in [-0.2, -0.15) is 14.2 Å². The Morgan fingerprint density at radius 3 is 2.56 bits per heavy atom. The zero-order chi connectivity index (χ0) is 13.3. The number of hydrazine groups is 1. The Kier molecular flexibility index (Phi) is 3.91. The molecule has 8 heteroatoms. The third-order valence-corrected chi connectivity index (χ3v) is 3.37. The molecule has 0 saturated carbocycles. The number of halogens is 3. The van der Waals surface area contributed by atoms with Gasteiger partial charge in [-0.15, -0.1) is 0 Å². The Labute approximate surface area is 118 Å². The molecular weight excluding hydrogens is 300 g/mol. The lowest BCUT2D eigenvalue weighted by atomic mass is 10.3. The minimum atomic E-state index is -2.56. The molecule has 1 unspecified atom stereocenters. The van der Waals surface area contributed by atoms with Crippen LogP contribution in [0.4, 0.5) is 14.9 Å². The van der Waals surface area contributed by atoms with Crippen molar-refractivity contribution in [1.29, 1.82) is 0 Å². The van der Waals surface area contributed by atoms with Crippen molar-refractivity contribution in [2.24, 2.45) is 0 Å². The van der Waals surface area contributed by atoms with E-state index < -0.39 is 9.95 Å². The van der Waals surface area contributed by atoms with Crippen molar-refractivity contribution in [3.63, 3.8) is 0 Å². The molecule has 4 nitrogen and oxygen atoms in total. The van der Waals surface area contributed by atoms with Gasteiger partial charge in [0, 0.05) is 17.6 Å². The van der Waals surface area contributed by atoms with Gasteiger partial charge in [-0.1, -0.05) is 41.4 Å². The third-order valence-electron chi connectivity index (χ3n) is 2.30. The summed E-state index contributed by atoms with van der Waals surface area (Å²) in [6, 6.07) is 8.62. The van der Waals surface area contributed by atoms with Gasteiger partial charge in [-0.3, -0.25) is 4.90 Å². The predicted octanol–water partition coefficient (Wildman–Crippen LogP) is 3.49. The highest BCUT2D eigenvalue weighted by atomic mass is 35.5. The maximum absolute atomic E-state index is 13.1. The number of anilines is 1. The van der Waals surface area contributed by atoms with Crippen LogP contribution in [0.2, 0.25) is 0 Å². The quantitative estimate of drug-likeness (QED) is 0.686. The van der Waals surface area contributed by atoms with Crippen LogP contribution in [0.3, 0.4) is 0 Å². The van der Waals surface area contributed by atoms with E-state index in [2.05, 4.69) is 5.43 Å². The second-order valence-electron chi connectivity index (χ2n) is 3.62. The molecule has 2 rings (SSSR count). The van der Waals surface area contributed by atoms with Crippen molar-refractivity contribution in [2.45, 2.75) is 17.0 Å². The number of amides is 2. The highest BCUT2D eigenvalue weighted by molar-refractivity contribution is 8.01. The number of urea groups is 1. The standard InChI is InChI=1S/C10H10Cl2FN3OS/c1-7-14-16(18-10(11,12)13)9(17)15(7)8-5-3-2-4-6-8/h2-7,14H,1H3. The van der Waals surface area contributed by atoms with Gasteiger partial charge < -0.3 is 0 Å². The summed E-state index contributed by atoms with van der Waals surface area (Å²) < 4.78 is 11.5. The molecule has 0 aromatic heterocycles. The van der Waals surface area contributed by atoms with Crippen molar-refractivity contribution in [3.8, 4) is 0 Å². The molecule has 1 aliphatic rings. The van der Waals surface area contributed by atoms with E-state index in [4.69, 9.17) is 23.2 Å². The van der Waals surface area contributed by atoms with Crippen molar-refractivity contribution >= 4 is 46.9 Å². The molecule has 0 spiro atoms. The van der Waals surface area contributed by atoms with Gasteiger partial charge in [0.2, 0.25) is 0 Å². The molecule has 18 heavy (non-hydrogen) atoms. The molecule has 1 aliphatic heterocycles. The second kappa shape index (κ2) is 5.13. The van der Waals surface area contributed by atoms with Gasteiger partial charge in [-0.05, 0) is 19.1 Å². The first kappa shape index (κ1) is 13.7. The fraction of sp³-hybridized carbons (Fsp3) is 0.300. The molecule has 0 radical (unpaired) electrons. The molecule has 1 N–H and O–H groups in total. The number of nitrogens with one attached hydrogen (secondary N) is 1. The maximum Gasteiger partial charge on any atom is 0.350 e. The Morgan fingerprint density at radius 2 is 2.00 bits per heavy atom. The molecule has 0 aliphatic carbocycles. The summed E-state index contributed by atoms with van der Waals surface area (Å²) in [5.41, 5.74) is 3.48. The summed E-state index contributed by atoms with van der Waals surface area (Å²) in [5.74, 6) is 0. The number of carbonyl (C=O) groups is 1. The minimum Gasteiger partial charge on any atom is -0.275 e. The lowest BCUT2D eigenvalue weighted by Crippen LogP contribution is -2.34. The van der Waals surface area contributed by atoms with Gasteiger partial charge in [0.1, 0.15) is 6.17 Å². The summed E-state index contributed by atoms with van der Waals surface area (Å²) in [6.45, 7) is 1.77. The lowest BCUT2D eigenvalue weighted by Gasteiger charge is -2.19. The second-order valence-corrected chi connectivity index (χ2v) is 6.42. The van der Waals surface area contributed by atoms with E-state index >= 15 is 0 Å². The number of rotatable bonds is 3. The highest BCUT2D eigenvalue weighted by Crippen LogP contribution is 2.40. The number of hydrogen-bond acceptors (Lipinski definition) is 3. The fourth-order valence-corrected chi connectivity index (χ4v) is 2.63. The van der Waals surface area contributed by atoms with Crippen LogP contribution in [-0.4, -0.2) is 20.5 Å². The average Bonchev–Trinajstić information content (AvgIpc) is 2.53. The highest BCUT2D eigenvalue weighted by Gasteiger charge is 2.40. The number of para-hydroxylation sites is 1. The van der Waals surface area contributed by atoms with Gasteiger partial charge in [0.15, 0.2) is 0 Å². The molecular formula is C10H10Cl2FN3OS. The number of nitrogens with zero attached hydrogens (tertiary/aromatic N) is 2. The van der Waals surface area contributed by atoms with Gasteiger partial charge in [0.05, 0.1) is 0 Å². The maximum atomic E-state index is 13.1. The summed E-state index contributed by atoms with van der Waals surface area (Å²) in [7, 11) is 0. The van der Waals surface area contributed by atoms with Crippen LogP contribution in [0.1, 0.15) is 6.92 Å². The van der Waals surface area contributed by atoms with Gasteiger partial charge >= 0.3 is 9.95 Å². The summed E-state index contributed by atoms with van der Waals surface area (Å²) >= 11 is 10.8. The molecule has 1 aromatic carbocycles. The van der Waals surface area contributed by atoms with Crippen molar-refractivity contribution < 1.29 is 9.18 Å². The molecule has 1 fully saturated rings. The first-order valence-corrected chi connectivity index (χ1v) is 6.62. The molecule has 2 amide bonds. The number of hydrogen-bond donors (Lipinski definition) is 1. The summed E-state index contributed by atoms with van der Waals surface area (Å²) in [6.07, 6.45) is -0.317. The zero-order valence-electron chi connectivity index (χ0n) is 9.31. The topological polar surface area (TPSA) is 35.6 Å². The Balaban J connectivity index is 2.18. The Morgan fingerprint density at radius 1 is 1.39 bits per heavy atom. The van der Waals surface area contributed by atoms with Crippen LogP contribution in [0, 0.1) is 0 Å². The number of benzene rings is 1. The van der Waals surface area contributed by atoms with E-state index in [1.807, 2.05) is 18.2 Å². The van der Waals surface area contributed by atoms with E-state index in [-0.39, 0.29) is 6.17 Å². The monoisotopic (exact) mass is 309 g/mol. The molecule has 0 bridgehead atoms. The van der Waals surface area contributed by atoms with E-state index in [9.17, 15) is 9.18 Å². The van der Waals surface area contributed by atoms with Crippen LogP contribution >= 0.6 is 35.1 Å². The van der Waals surface area contributed by atoms with E-state index in [0.717, 1.165) is 4.41 Å². The Bertz CT molecular complexity index is 442. The van der Waals surface area contributed by atoms with E-state index in [0.29, 0.717) is 17.6 Å². The van der Waals surface area contributed by atoms with Gasteiger partial charge in [-0.25, -0.2) is 4.79 Å². The molecule has 1 aromatic rings. The largest absolute Gasteiger partial charge is 0.350 e. The normalized spacial score (nSPS) is 20.7. The van der Waals surface area contributed by atoms with Crippen LogP contribution < -0.4 is 10.3 Å². The van der Waals surface area contributed by atoms with Gasteiger partial charge in [0.25, 0.3) is 0 Å². The summed E-state index contributed by atoms with van der Waals surface area (Å²) in [5, 5.41) is 0. The molecule has 1 heterocycles. The molecule has 1 saturated heterocycles. The van der Waals surface area contributed by atoms with Crippen LogP contribution in [0.25, 0.3) is 0 Å². The first-order valence-electron chi connectivity index (χ1n) is 5.09. The molecule has 1 atom stereocenters. The van der Waals surface area contributed by atoms with E-state index in [1.165, 1.54) is 4.90 Å². The first-order chi connectivity index (χ1) is 8.38. The van der Waals surface area contributed by atoms with Crippen molar-refractivity contribution in [2.75, 3.05) is 4.90 Å². The number of alkyl halides is 3. The van der Waals surface area contributed by atoms with Crippen molar-refractivity contribution in [1.82, 2.24) is 9.84 Å². The Hall–Kier alpha value is -0.690.